The zero-order valence-electron chi connectivity index (χ0n) is 19.6. The van der Waals surface area contributed by atoms with E-state index in [1.807, 2.05) is 6.07 Å². The summed E-state index contributed by atoms with van der Waals surface area (Å²) < 4.78 is 41.6. The van der Waals surface area contributed by atoms with E-state index in [1.165, 1.54) is 15.9 Å². The summed E-state index contributed by atoms with van der Waals surface area (Å²) in [5.41, 5.74) is 0.616. The Labute approximate surface area is 210 Å². The van der Waals surface area contributed by atoms with E-state index in [9.17, 15) is 22.8 Å². The van der Waals surface area contributed by atoms with Gasteiger partial charge in [0.05, 0.1) is 18.3 Å². The van der Waals surface area contributed by atoms with Crippen LogP contribution in [-0.4, -0.2) is 77.2 Å². The monoisotopic (exact) mass is 512 g/mol. The second-order valence-corrected chi connectivity index (χ2v) is 8.58. The molecule has 1 atom stereocenters. The lowest BCUT2D eigenvalue weighted by Crippen LogP contribution is -2.52. The first kappa shape index (κ1) is 25.6. The molecule has 2 fully saturated rings. The summed E-state index contributed by atoms with van der Waals surface area (Å²) in [5.74, 6) is -2.86. The lowest BCUT2D eigenvalue weighted by atomic mass is 10.0. The van der Waals surface area contributed by atoms with E-state index >= 15 is 0 Å². The molecule has 13 heteroatoms. The van der Waals surface area contributed by atoms with Crippen molar-refractivity contribution in [3.63, 3.8) is 0 Å². The standard InChI is InChI=1S/C24H23F3N8O2/c25-17-9-16(10-18(26)11-17)20(2-4-29)31-24(37)34-7-5-33(6-8-34)23-30-12-19(27)21(32-23)22(36)35-13-15(14-35)1-3-28/h1,4,9-12,20,29H,2,5-8,13-14H2,(H,31,37). The van der Waals surface area contributed by atoms with Gasteiger partial charge in [0.15, 0.2) is 11.5 Å². The molecule has 3 amide bonds. The normalized spacial score (nSPS) is 15.9. The van der Waals surface area contributed by atoms with Gasteiger partial charge < -0.3 is 25.4 Å². The zero-order valence-corrected chi connectivity index (χ0v) is 19.6. The van der Waals surface area contributed by atoms with Gasteiger partial charge in [-0.3, -0.25) is 4.79 Å². The molecule has 2 aromatic rings. The summed E-state index contributed by atoms with van der Waals surface area (Å²) in [6.07, 6.45) is 3.39. The molecule has 2 saturated heterocycles. The number of nitrogens with zero attached hydrogens (tertiary/aromatic N) is 6. The number of nitriles is 1. The molecule has 3 heterocycles. The van der Waals surface area contributed by atoms with Crippen LogP contribution in [0.1, 0.15) is 28.5 Å². The zero-order chi connectivity index (χ0) is 26.5. The molecule has 37 heavy (non-hydrogen) atoms. The first-order valence-electron chi connectivity index (χ1n) is 11.4. The van der Waals surface area contributed by atoms with Crippen LogP contribution in [0.15, 0.2) is 36.0 Å². The van der Waals surface area contributed by atoms with Crippen LogP contribution in [0.4, 0.5) is 23.9 Å². The summed E-state index contributed by atoms with van der Waals surface area (Å²) in [6.45, 7) is 1.57. The van der Waals surface area contributed by atoms with Gasteiger partial charge in [0.25, 0.3) is 5.91 Å². The average Bonchev–Trinajstić information content (AvgIpc) is 2.85. The summed E-state index contributed by atoms with van der Waals surface area (Å²) in [4.78, 5) is 38.2. The first-order valence-corrected chi connectivity index (χ1v) is 11.4. The van der Waals surface area contributed by atoms with Crippen LogP contribution >= 0.6 is 0 Å². The number of anilines is 1. The van der Waals surface area contributed by atoms with E-state index in [4.69, 9.17) is 10.7 Å². The van der Waals surface area contributed by atoms with Crippen molar-refractivity contribution >= 4 is 24.1 Å². The van der Waals surface area contributed by atoms with Gasteiger partial charge in [-0.2, -0.15) is 5.26 Å². The molecule has 2 aliphatic heterocycles. The number of carbonyl (C=O) groups excluding carboxylic acids is 2. The number of urea groups is 1. The third kappa shape index (κ3) is 5.85. The van der Waals surface area contributed by atoms with Crippen LogP contribution < -0.4 is 10.2 Å². The minimum Gasteiger partial charge on any atom is -0.337 e. The largest absolute Gasteiger partial charge is 0.337 e. The summed E-state index contributed by atoms with van der Waals surface area (Å²) in [7, 11) is 0. The Hall–Kier alpha value is -4.47. The van der Waals surface area contributed by atoms with Crippen LogP contribution in [0.5, 0.6) is 0 Å². The first-order chi connectivity index (χ1) is 17.8. The highest BCUT2D eigenvalue weighted by Crippen LogP contribution is 2.22. The smallest absolute Gasteiger partial charge is 0.318 e. The summed E-state index contributed by atoms with van der Waals surface area (Å²) >= 11 is 0. The summed E-state index contributed by atoms with van der Waals surface area (Å²) in [5, 5.41) is 18.8. The fourth-order valence-electron chi connectivity index (χ4n) is 4.10. The highest BCUT2D eigenvalue weighted by atomic mass is 19.1. The molecular weight excluding hydrogens is 489 g/mol. The molecule has 10 nitrogen and oxygen atoms in total. The fourth-order valence-corrected chi connectivity index (χ4v) is 4.10. The maximum atomic E-state index is 14.3. The van der Waals surface area contributed by atoms with Crippen LogP contribution in [0.3, 0.4) is 0 Å². The van der Waals surface area contributed by atoms with Crippen molar-refractivity contribution in [1.82, 2.24) is 25.1 Å². The lowest BCUT2D eigenvalue weighted by Gasteiger charge is -2.36. The molecular formula is C24H23F3N8O2. The Balaban J connectivity index is 1.37. The van der Waals surface area contributed by atoms with Crippen LogP contribution in [0, 0.1) is 34.2 Å². The minimum atomic E-state index is -0.851. The predicted molar refractivity (Wildman–Crippen MR) is 126 cm³/mol. The Morgan fingerprint density at radius 2 is 1.78 bits per heavy atom. The van der Waals surface area contributed by atoms with E-state index in [2.05, 4.69) is 15.3 Å². The number of allylic oxidation sites excluding steroid dienone is 1. The number of hydrogen-bond donors (Lipinski definition) is 2. The number of benzene rings is 1. The number of halogens is 3. The van der Waals surface area contributed by atoms with Crippen molar-refractivity contribution in [2.45, 2.75) is 12.5 Å². The van der Waals surface area contributed by atoms with E-state index in [1.54, 1.807) is 4.90 Å². The number of nitrogens with one attached hydrogen (secondary N) is 2. The van der Waals surface area contributed by atoms with Gasteiger partial charge in [-0.05, 0) is 29.5 Å². The fraction of sp³-hybridized carbons (Fsp3) is 0.333. The van der Waals surface area contributed by atoms with E-state index in [0.29, 0.717) is 13.1 Å². The van der Waals surface area contributed by atoms with Gasteiger partial charge >= 0.3 is 6.03 Å². The van der Waals surface area contributed by atoms with Crippen molar-refractivity contribution in [2.24, 2.45) is 0 Å². The Bertz CT molecular complexity index is 1260. The quantitative estimate of drug-likeness (QED) is 0.452. The molecule has 192 valence electrons. The van der Waals surface area contributed by atoms with Crippen LogP contribution in [-0.2, 0) is 0 Å². The van der Waals surface area contributed by atoms with Crippen molar-refractivity contribution in [3.8, 4) is 6.07 Å². The third-order valence-electron chi connectivity index (χ3n) is 6.07. The third-order valence-corrected chi connectivity index (χ3v) is 6.07. The lowest BCUT2D eigenvalue weighted by molar-refractivity contribution is 0.0715. The van der Waals surface area contributed by atoms with Crippen molar-refractivity contribution in [2.75, 3.05) is 44.2 Å². The molecule has 0 aliphatic carbocycles. The van der Waals surface area contributed by atoms with Gasteiger partial charge in [-0.25, -0.2) is 27.9 Å². The van der Waals surface area contributed by atoms with Crippen molar-refractivity contribution < 1.29 is 22.8 Å². The minimum absolute atomic E-state index is 0.0552. The van der Waals surface area contributed by atoms with Gasteiger partial charge in [0.2, 0.25) is 5.95 Å². The van der Waals surface area contributed by atoms with Crippen molar-refractivity contribution in [1.29, 1.82) is 10.7 Å². The maximum absolute atomic E-state index is 14.3. The molecule has 2 N–H and O–H groups in total. The second kappa shape index (κ2) is 11.1. The second-order valence-electron chi connectivity index (χ2n) is 8.58. The predicted octanol–water partition coefficient (Wildman–Crippen LogP) is 2.41. The SMILES string of the molecule is N#CC=C1CN(C(=O)c2nc(N3CCN(C(=O)NC(CC=N)c4cc(F)cc(F)c4)CC3)ncc2F)C1. The molecule has 1 aromatic carbocycles. The van der Waals surface area contributed by atoms with Gasteiger partial charge in [-0.1, -0.05) is 0 Å². The highest BCUT2D eigenvalue weighted by Gasteiger charge is 2.31. The summed E-state index contributed by atoms with van der Waals surface area (Å²) in [6, 6.07) is 3.60. The molecule has 0 radical (unpaired) electrons. The van der Waals surface area contributed by atoms with Crippen LogP contribution in [0.2, 0.25) is 0 Å². The molecule has 0 saturated carbocycles. The molecule has 1 unspecified atom stereocenters. The van der Waals surface area contributed by atoms with Gasteiger partial charge in [0.1, 0.15) is 11.6 Å². The number of hydrogen-bond acceptors (Lipinski definition) is 7. The van der Waals surface area contributed by atoms with E-state index in [0.717, 1.165) is 36.2 Å². The number of likely N-dealkylation sites (tertiary alicyclic amines) is 1. The van der Waals surface area contributed by atoms with Gasteiger partial charge in [-0.15, -0.1) is 0 Å². The number of aromatic nitrogens is 2. The van der Waals surface area contributed by atoms with E-state index in [-0.39, 0.29) is 49.8 Å². The maximum Gasteiger partial charge on any atom is 0.318 e. The molecule has 4 rings (SSSR count). The Morgan fingerprint density at radius 3 is 2.41 bits per heavy atom. The average molecular weight is 512 g/mol. The number of amides is 3. The van der Waals surface area contributed by atoms with Gasteiger partial charge in [0, 0.05) is 57.8 Å². The topological polar surface area (TPSA) is 129 Å². The van der Waals surface area contributed by atoms with E-state index < -0.39 is 35.4 Å². The Morgan fingerprint density at radius 1 is 1.11 bits per heavy atom. The number of rotatable bonds is 6. The molecule has 0 bridgehead atoms. The molecule has 2 aliphatic rings. The van der Waals surface area contributed by atoms with Crippen molar-refractivity contribution in [3.05, 3.63) is 64.8 Å². The van der Waals surface area contributed by atoms with Crippen LogP contribution in [0.25, 0.3) is 0 Å². The highest BCUT2D eigenvalue weighted by molar-refractivity contribution is 5.94. The molecule has 1 aromatic heterocycles. The Kier molecular flexibility index (Phi) is 7.66. The number of piperazine rings is 1. The number of carbonyl (C=O) groups is 2. The molecule has 0 spiro atoms.